The molecule has 140 valence electrons. The quantitative estimate of drug-likeness (QED) is 0.616. The van der Waals surface area contributed by atoms with Crippen molar-refractivity contribution < 1.29 is 4.79 Å². The molecule has 1 aromatic carbocycles. The molecule has 2 aromatic heterocycles. The first-order chi connectivity index (χ1) is 13.1. The van der Waals surface area contributed by atoms with Gasteiger partial charge in [-0.05, 0) is 52.4 Å². The molecule has 0 fully saturated rings. The van der Waals surface area contributed by atoms with E-state index in [-0.39, 0.29) is 11.9 Å². The van der Waals surface area contributed by atoms with Crippen molar-refractivity contribution in [3.63, 3.8) is 0 Å². The molecule has 4 rings (SSSR count). The van der Waals surface area contributed by atoms with Crippen LogP contribution in [0.4, 0.5) is 5.69 Å². The summed E-state index contributed by atoms with van der Waals surface area (Å²) in [7, 11) is 0. The molecule has 1 aliphatic heterocycles. The summed E-state index contributed by atoms with van der Waals surface area (Å²) in [6.07, 6.45) is 1.02. The number of carbonyl (C=O) groups excluding carboxylic acids is 1. The Morgan fingerprint density at radius 3 is 2.78 bits per heavy atom. The second-order valence-corrected chi connectivity index (χ2v) is 9.21. The van der Waals surface area contributed by atoms with E-state index in [2.05, 4.69) is 59.1 Å². The Labute approximate surface area is 168 Å². The highest BCUT2D eigenvalue weighted by molar-refractivity contribution is 7.10. The molecule has 0 saturated carbocycles. The standard InChI is InChI=1S/C22H24N2OS2/c1-15(2)16-6-3-4-7-18(16)23-21(25)14-24-11-9-19-17(10-13-27-19)22(24)20-8-5-12-26-20/h3-8,10,12-13,15,22H,9,11,14H2,1-2H3,(H,23,25)/t22-/m1/s1. The third-order valence-electron chi connectivity index (χ3n) is 5.08. The zero-order valence-electron chi connectivity index (χ0n) is 15.6. The zero-order valence-corrected chi connectivity index (χ0v) is 17.3. The van der Waals surface area contributed by atoms with Gasteiger partial charge in [0, 0.05) is 22.0 Å². The summed E-state index contributed by atoms with van der Waals surface area (Å²) < 4.78 is 0. The number of hydrogen-bond acceptors (Lipinski definition) is 4. The summed E-state index contributed by atoms with van der Waals surface area (Å²) in [6.45, 7) is 5.63. The Morgan fingerprint density at radius 2 is 2.00 bits per heavy atom. The lowest BCUT2D eigenvalue weighted by Gasteiger charge is -2.35. The fourth-order valence-corrected chi connectivity index (χ4v) is 5.59. The maximum atomic E-state index is 12.9. The molecule has 0 bridgehead atoms. The molecule has 0 unspecified atom stereocenters. The maximum Gasteiger partial charge on any atom is 0.238 e. The van der Waals surface area contributed by atoms with Gasteiger partial charge in [0.2, 0.25) is 5.91 Å². The van der Waals surface area contributed by atoms with Crippen molar-refractivity contribution in [3.8, 4) is 0 Å². The average Bonchev–Trinajstić information content (AvgIpc) is 3.33. The van der Waals surface area contributed by atoms with E-state index in [9.17, 15) is 4.79 Å². The van der Waals surface area contributed by atoms with Gasteiger partial charge in [0.15, 0.2) is 0 Å². The van der Waals surface area contributed by atoms with Gasteiger partial charge in [0.1, 0.15) is 0 Å². The van der Waals surface area contributed by atoms with E-state index in [1.54, 1.807) is 11.3 Å². The summed E-state index contributed by atoms with van der Waals surface area (Å²) in [5.74, 6) is 0.437. The molecule has 0 saturated heterocycles. The second-order valence-electron chi connectivity index (χ2n) is 7.23. The van der Waals surface area contributed by atoms with Gasteiger partial charge in [0.05, 0.1) is 12.6 Å². The van der Waals surface area contributed by atoms with Crippen LogP contribution in [-0.4, -0.2) is 23.9 Å². The maximum absolute atomic E-state index is 12.9. The number of carbonyl (C=O) groups is 1. The molecule has 1 N–H and O–H groups in total. The average molecular weight is 397 g/mol. The summed E-state index contributed by atoms with van der Waals surface area (Å²) in [6, 6.07) is 14.8. The van der Waals surface area contributed by atoms with Gasteiger partial charge in [0.25, 0.3) is 0 Å². The fourth-order valence-electron chi connectivity index (χ4n) is 3.81. The van der Waals surface area contributed by atoms with Crippen molar-refractivity contribution in [2.24, 2.45) is 0 Å². The molecule has 1 atom stereocenters. The van der Waals surface area contributed by atoms with Crippen LogP contribution >= 0.6 is 22.7 Å². The Balaban J connectivity index is 1.54. The van der Waals surface area contributed by atoms with Gasteiger partial charge < -0.3 is 5.32 Å². The second kappa shape index (κ2) is 7.97. The normalized spacial score (nSPS) is 17.1. The van der Waals surface area contributed by atoms with E-state index >= 15 is 0 Å². The number of benzene rings is 1. The number of amides is 1. The largest absolute Gasteiger partial charge is 0.325 e. The molecule has 0 radical (unpaired) electrons. The third-order valence-corrected chi connectivity index (χ3v) is 7.00. The van der Waals surface area contributed by atoms with Crippen LogP contribution in [0.1, 0.15) is 46.7 Å². The van der Waals surface area contributed by atoms with Gasteiger partial charge in [-0.25, -0.2) is 0 Å². The van der Waals surface area contributed by atoms with E-state index in [0.29, 0.717) is 12.5 Å². The number of rotatable bonds is 5. The Hall–Kier alpha value is -1.95. The van der Waals surface area contributed by atoms with Gasteiger partial charge in [-0.3, -0.25) is 9.69 Å². The van der Waals surface area contributed by atoms with E-state index in [4.69, 9.17) is 0 Å². The van der Waals surface area contributed by atoms with Gasteiger partial charge in [-0.15, -0.1) is 22.7 Å². The van der Waals surface area contributed by atoms with Crippen LogP contribution in [0.3, 0.4) is 0 Å². The summed E-state index contributed by atoms with van der Waals surface area (Å²) in [5, 5.41) is 7.44. The highest BCUT2D eigenvalue weighted by Crippen LogP contribution is 2.39. The topological polar surface area (TPSA) is 32.3 Å². The Kier molecular flexibility index (Phi) is 5.43. The lowest BCUT2D eigenvalue weighted by molar-refractivity contribution is -0.117. The van der Waals surface area contributed by atoms with Crippen molar-refractivity contribution >= 4 is 34.3 Å². The van der Waals surface area contributed by atoms with Crippen molar-refractivity contribution in [2.75, 3.05) is 18.4 Å². The lowest BCUT2D eigenvalue weighted by Crippen LogP contribution is -2.40. The molecule has 3 nitrogen and oxygen atoms in total. The van der Waals surface area contributed by atoms with E-state index in [0.717, 1.165) is 18.7 Å². The molecule has 0 spiro atoms. The predicted octanol–water partition coefficient (Wildman–Crippen LogP) is 5.52. The molecule has 3 aromatic rings. The zero-order chi connectivity index (χ0) is 18.8. The molecule has 0 aliphatic carbocycles. The first-order valence-electron chi connectivity index (χ1n) is 9.36. The lowest BCUT2D eigenvalue weighted by atomic mass is 9.98. The molecule has 27 heavy (non-hydrogen) atoms. The number of nitrogens with one attached hydrogen (secondary N) is 1. The van der Waals surface area contributed by atoms with Crippen molar-refractivity contribution in [1.82, 2.24) is 4.90 Å². The number of para-hydroxylation sites is 1. The van der Waals surface area contributed by atoms with Crippen LogP contribution in [0.2, 0.25) is 0 Å². The third kappa shape index (κ3) is 3.86. The number of thiophene rings is 2. The Bertz CT molecular complexity index is 914. The number of nitrogens with zero attached hydrogens (tertiary/aromatic N) is 1. The first kappa shape index (κ1) is 18.4. The van der Waals surface area contributed by atoms with Gasteiger partial charge in [-0.1, -0.05) is 38.1 Å². The molecule has 5 heteroatoms. The summed E-state index contributed by atoms with van der Waals surface area (Å²) in [5.41, 5.74) is 3.47. The molecule has 3 heterocycles. The number of fused-ring (bicyclic) bond motifs is 1. The number of anilines is 1. The predicted molar refractivity (Wildman–Crippen MR) is 115 cm³/mol. The van der Waals surface area contributed by atoms with Gasteiger partial charge in [-0.2, -0.15) is 0 Å². The van der Waals surface area contributed by atoms with Crippen LogP contribution in [0, 0.1) is 0 Å². The molecule has 1 aliphatic rings. The summed E-state index contributed by atoms with van der Waals surface area (Å²) >= 11 is 3.60. The first-order valence-corrected chi connectivity index (χ1v) is 11.1. The molecule has 1 amide bonds. The van der Waals surface area contributed by atoms with E-state index in [1.165, 1.54) is 20.9 Å². The summed E-state index contributed by atoms with van der Waals surface area (Å²) in [4.78, 5) is 18.0. The molecular weight excluding hydrogens is 372 g/mol. The Morgan fingerprint density at radius 1 is 1.15 bits per heavy atom. The van der Waals surface area contributed by atoms with Crippen LogP contribution in [0.5, 0.6) is 0 Å². The highest BCUT2D eigenvalue weighted by Gasteiger charge is 2.31. The van der Waals surface area contributed by atoms with Crippen molar-refractivity contribution in [3.05, 3.63) is 74.1 Å². The monoisotopic (exact) mass is 396 g/mol. The van der Waals surface area contributed by atoms with Crippen LogP contribution < -0.4 is 5.32 Å². The van der Waals surface area contributed by atoms with E-state index in [1.807, 2.05) is 29.5 Å². The minimum Gasteiger partial charge on any atom is -0.325 e. The minimum absolute atomic E-state index is 0.0586. The van der Waals surface area contributed by atoms with Crippen LogP contribution in [0.25, 0.3) is 0 Å². The fraction of sp³-hybridized carbons (Fsp3) is 0.318. The minimum atomic E-state index is 0.0586. The van der Waals surface area contributed by atoms with Crippen molar-refractivity contribution in [1.29, 1.82) is 0 Å². The highest BCUT2D eigenvalue weighted by atomic mass is 32.1. The number of hydrogen-bond donors (Lipinski definition) is 1. The SMILES string of the molecule is CC(C)c1ccccc1NC(=O)CN1CCc2sccc2[C@@H]1c1cccs1. The smallest absolute Gasteiger partial charge is 0.238 e. The van der Waals surface area contributed by atoms with Gasteiger partial charge >= 0.3 is 0 Å². The van der Waals surface area contributed by atoms with Crippen LogP contribution in [-0.2, 0) is 11.2 Å². The molecular formula is C22H24N2OS2. The van der Waals surface area contributed by atoms with Crippen LogP contribution in [0.15, 0.2) is 53.2 Å². The van der Waals surface area contributed by atoms with E-state index < -0.39 is 0 Å². The van der Waals surface area contributed by atoms with Crippen molar-refractivity contribution in [2.45, 2.75) is 32.2 Å².